The Kier molecular flexibility index (Phi) is 4.04. The van der Waals surface area contributed by atoms with Crippen molar-refractivity contribution in [2.24, 2.45) is 5.92 Å². The van der Waals surface area contributed by atoms with Crippen LogP contribution in [0.5, 0.6) is 0 Å². The normalized spacial score (nSPS) is 14.5. The minimum Gasteiger partial charge on any atom is -0.350 e. The number of carbonyl (C=O) groups excluding carboxylic acids is 1. The van der Waals surface area contributed by atoms with Gasteiger partial charge in [0, 0.05) is 17.7 Å². The van der Waals surface area contributed by atoms with E-state index < -0.39 is 0 Å². The Hall–Kier alpha value is -2.62. The van der Waals surface area contributed by atoms with E-state index in [1.807, 2.05) is 6.07 Å². The van der Waals surface area contributed by atoms with E-state index in [9.17, 15) is 4.79 Å². The number of aromatic nitrogens is 2. The molecule has 0 aliphatic heterocycles. The molecule has 1 aliphatic carbocycles. The van der Waals surface area contributed by atoms with Crippen LogP contribution in [0.1, 0.15) is 36.1 Å². The van der Waals surface area contributed by atoms with Gasteiger partial charge in [0.2, 0.25) is 5.91 Å². The van der Waals surface area contributed by atoms with Crippen LogP contribution in [0.25, 0.3) is 16.9 Å². The molecule has 1 amide bonds. The fourth-order valence-electron chi connectivity index (χ4n) is 3.30. The van der Waals surface area contributed by atoms with Crippen molar-refractivity contribution in [1.82, 2.24) is 14.7 Å². The molecule has 0 unspecified atom stereocenters. The number of imidazole rings is 1. The predicted octanol–water partition coefficient (Wildman–Crippen LogP) is 4.03. The van der Waals surface area contributed by atoms with Crippen molar-refractivity contribution in [3.63, 3.8) is 0 Å². The van der Waals surface area contributed by atoms with Crippen LogP contribution in [0, 0.1) is 19.8 Å². The number of benzene rings is 1. The van der Waals surface area contributed by atoms with Crippen LogP contribution >= 0.6 is 0 Å². The second-order valence-electron chi connectivity index (χ2n) is 7.05. The maximum absolute atomic E-state index is 12.3. The number of amides is 1. The number of rotatable bonds is 4. The summed E-state index contributed by atoms with van der Waals surface area (Å²) in [5.74, 6) is 0.368. The Morgan fingerprint density at radius 3 is 2.52 bits per heavy atom. The number of aryl methyl sites for hydroxylation is 2. The highest BCUT2D eigenvalue weighted by Gasteiger charge is 2.25. The molecule has 0 saturated heterocycles. The van der Waals surface area contributed by atoms with E-state index in [0.29, 0.717) is 6.54 Å². The van der Waals surface area contributed by atoms with E-state index in [2.05, 4.69) is 60.1 Å². The Balaban J connectivity index is 1.73. The van der Waals surface area contributed by atoms with E-state index >= 15 is 0 Å². The Morgan fingerprint density at radius 1 is 1.12 bits per heavy atom. The molecule has 4 heteroatoms. The lowest BCUT2D eigenvalue weighted by Gasteiger charge is -2.24. The van der Waals surface area contributed by atoms with Crippen molar-refractivity contribution in [3.05, 3.63) is 59.4 Å². The van der Waals surface area contributed by atoms with Crippen LogP contribution in [0.4, 0.5) is 0 Å². The number of carbonyl (C=O) groups is 1. The number of hydrogen-bond acceptors (Lipinski definition) is 2. The first-order valence-corrected chi connectivity index (χ1v) is 8.94. The smallest absolute Gasteiger partial charge is 0.223 e. The minimum atomic E-state index is 0.170. The van der Waals surface area contributed by atoms with Gasteiger partial charge in [-0.3, -0.25) is 4.79 Å². The minimum absolute atomic E-state index is 0.170. The molecule has 3 aromatic rings. The average molecular weight is 333 g/mol. The van der Waals surface area contributed by atoms with Gasteiger partial charge in [0.15, 0.2) is 0 Å². The molecule has 0 atom stereocenters. The summed E-state index contributed by atoms with van der Waals surface area (Å²) in [6.07, 6.45) is 5.29. The molecule has 1 fully saturated rings. The van der Waals surface area contributed by atoms with Gasteiger partial charge in [-0.1, -0.05) is 42.3 Å². The number of nitrogens with one attached hydrogen (secondary N) is 1. The maximum Gasteiger partial charge on any atom is 0.223 e. The third kappa shape index (κ3) is 3.04. The summed E-state index contributed by atoms with van der Waals surface area (Å²) in [5.41, 5.74) is 6.37. The third-order valence-corrected chi connectivity index (χ3v) is 5.10. The lowest BCUT2D eigenvalue weighted by molar-refractivity contribution is -0.127. The van der Waals surface area contributed by atoms with Gasteiger partial charge >= 0.3 is 0 Å². The summed E-state index contributed by atoms with van der Waals surface area (Å²) in [7, 11) is 0. The van der Waals surface area contributed by atoms with Crippen molar-refractivity contribution in [2.75, 3.05) is 0 Å². The van der Waals surface area contributed by atoms with Crippen LogP contribution in [-0.4, -0.2) is 15.3 Å². The molecule has 1 saturated carbocycles. The summed E-state index contributed by atoms with van der Waals surface area (Å²) in [6.45, 7) is 4.65. The van der Waals surface area contributed by atoms with Crippen molar-refractivity contribution < 1.29 is 4.79 Å². The second kappa shape index (κ2) is 6.36. The first-order chi connectivity index (χ1) is 12.1. The molecule has 0 spiro atoms. The van der Waals surface area contributed by atoms with Crippen molar-refractivity contribution in [3.8, 4) is 11.3 Å². The quantitative estimate of drug-likeness (QED) is 0.783. The van der Waals surface area contributed by atoms with E-state index in [-0.39, 0.29) is 11.8 Å². The highest BCUT2D eigenvalue weighted by molar-refractivity contribution is 5.79. The van der Waals surface area contributed by atoms with Gasteiger partial charge in [-0.15, -0.1) is 0 Å². The topological polar surface area (TPSA) is 46.4 Å². The summed E-state index contributed by atoms with van der Waals surface area (Å²) in [5, 5.41) is 3.12. The van der Waals surface area contributed by atoms with Gasteiger partial charge in [-0.05, 0) is 38.3 Å². The van der Waals surface area contributed by atoms with Gasteiger partial charge in [0.25, 0.3) is 0 Å². The molecular weight excluding hydrogens is 310 g/mol. The van der Waals surface area contributed by atoms with Gasteiger partial charge in [0.1, 0.15) is 5.65 Å². The molecule has 0 bridgehead atoms. The number of nitrogens with zero attached hydrogens (tertiary/aromatic N) is 2. The second-order valence-corrected chi connectivity index (χ2v) is 7.05. The first kappa shape index (κ1) is 15.9. The third-order valence-electron chi connectivity index (χ3n) is 5.10. The van der Waals surface area contributed by atoms with Crippen molar-refractivity contribution in [2.45, 2.75) is 39.7 Å². The molecule has 1 aliphatic rings. The summed E-state index contributed by atoms with van der Waals surface area (Å²) in [4.78, 5) is 17.1. The maximum atomic E-state index is 12.3. The first-order valence-electron chi connectivity index (χ1n) is 8.94. The molecular formula is C21H23N3O. The zero-order valence-electron chi connectivity index (χ0n) is 14.7. The average Bonchev–Trinajstić information content (AvgIpc) is 2.90. The van der Waals surface area contributed by atoms with Crippen LogP contribution in [0.15, 0.2) is 42.6 Å². The molecule has 128 valence electrons. The zero-order chi connectivity index (χ0) is 17.4. The largest absolute Gasteiger partial charge is 0.350 e. The van der Waals surface area contributed by atoms with Gasteiger partial charge in [0.05, 0.1) is 17.9 Å². The van der Waals surface area contributed by atoms with E-state index in [4.69, 9.17) is 4.98 Å². The summed E-state index contributed by atoms with van der Waals surface area (Å²) >= 11 is 0. The molecule has 4 rings (SSSR count). The Labute approximate surface area is 147 Å². The highest BCUT2D eigenvalue weighted by atomic mass is 16.1. The van der Waals surface area contributed by atoms with Gasteiger partial charge < -0.3 is 9.72 Å². The summed E-state index contributed by atoms with van der Waals surface area (Å²) < 4.78 is 2.10. The standard InChI is InChI=1S/C21H23N3O/c1-14-6-9-16(10-7-14)20-18(12-22-21(25)17-4-3-5-17)24-13-15(2)8-11-19(24)23-20/h6-11,13,17H,3-5,12H2,1-2H3,(H,22,25). The van der Waals surface area contributed by atoms with Gasteiger partial charge in [-0.2, -0.15) is 0 Å². The fraction of sp³-hybridized carbons (Fsp3) is 0.333. The molecule has 1 aromatic carbocycles. The van der Waals surface area contributed by atoms with Crippen LogP contribution in [0.2, 0.25) is 0 Å². The number of pyridine rings is 1. The van der Waals surface area contributed by atoms with E-state index in [1.165, 1.54) is 17.5 Å². The Bertz CT molecular complexity index is 920. The SMILES string of the molecule is Cc1ccc(-c2nc3ccc(C)cn3c2CNC(=O)C2CCC2)cc1. The predicted molar refractivity (Wildman–Crippen MR) is 99.3 cm³/mol. The molecule has 0 radical (unpaired) electrons. The van der Waals surface area contributed by atoms with E-state index in [1.54, 1.807) is 0 Å². The lowest BCUT2D eigenvalue weighted by atomic mass is 9.85. The van der Waals surface area contributed by atoms with E-state index in [0.717, 1.165) is 35.4 Å². The van der Waals surface area contributed by atoms with Crippen molar-refractivity contribution in [1.29, 1.82) is 0 Å². The van der Waals surface area contributed by atoms with Crippen LogP contribution < -0.4 is 5.32 Å². The van der Waals surface area contributed by atoms with Crippen LogP contribution in [0.3, 0.4) is 0 Å². The molecule has 1 N–H and O–H groups in total. The zero-order valence-corrected chi connectivity index (χ0v) is 14.7. The fourth-order valence-corrected chi connectivity index (χ4v) is 3.30. The molecule has 25 heavy (non-hydrogen) atoms. The monoisotopic (exact) mass is 333 g/mol. The molecule has 4 nitrogen and oxygen atoms in total. The van der Waals surface area contributed by atoms with Gasteiger partial charge in [-0.25, -0.2) is 4.98 Å². The van der Waals surface area contributed by atoms with Crippen molar-refractivity contribution >= 4 is 11.6 Å². The lowest BCUT2D eigenvalue weighted by Crippen LogP contribution is -2.34. The Morgan fingerprint density at radius 2 is 1.84 bits per heavy atom. The highest BCUT2D eigenvalue weighted by Crippen LogP contribution is 2.28. The molecule has 2 aromatic heterocycles. The van der Waals surface area contributed by atoms with Crippen LogP contribution in [-0.2, 0) is 11.3 Å². The summed E-state index contributed by atoms with van der Waals surface area (Å²) in [6, 6.07) is 12.5. The number of fused-ring (bicyclic) bond motifs is 1. The molecule has 2 heterocycles. The number of hydrogen-bond donors (Lipinski definition) is 1.